The second-order valence-corrected chi connectivity index (χ2v) is 8.41. The fourth-order valence-electron chi connectivity index (χ4n) is 4.15. The van der Waals surface area contributed by atoms with Crippen molar-refractivity contribution in [1.29, 1.82) is 0 Å². The van der Waals surface area contributed by atoms with Gasteiger partial charge in [-0.3, -0.25) is 9.59 Å². The molecular weight excluding hydrogens is 472 g/mol. The summed E-state index contributed by atoms with van der Waals surface area (Å²) < 4.78 is 37.9. The van der Waals surface area contributed by atoms with Gasteiger partial charge in [0.1, 0.15) is 0 Å². The molecule has 0 fully saturated rings. The van der Waals surface area contributed by atoms with Crippen LogP contribution in [0.5, 0.6) is 34.5 Å². The van der Waals surface area contributed by atoms with E-state index < -0.39 is 11.9 Å². The number of phenols is 1. The average molecular weight is 505 g/mol. The van der Waals surface area contributed by atoms with Crippen LogP contribution in [0.15, 0.2) is 24.3 Å². The molecule has 196 valence electrons. The maximum Gasteiger partial charge on any atom is 0.302 e. The highest BCUT2D eigenvalue weighted by Crippen LogP contribution is 2.43. The highest BCUT2D eigenvalue weighted by Gasteiger charge is 2.28. The third kappa shape index (κ3) is 6.65. The number of ether oxygens (including phenoxy) is 7. The molecule has 0 radical (unpaired) electrons. The van der Waals surface area contributed by atoms with E-state index in [0.29, 0.717) is 30.1 Å². The highest BCUT2D eigenvalue weighted by atomic mass is 16.7. The van der Waals surface area contributed by atoms with Gasteiger partial charge in [0.05, 0.1) is 34.5 Å². The number of phenolic OH excluding ortho intramolecular Hbond substituents is 1. The molecule has 2 aromatic rings. The first-order valence-electron chi connectivity index (χ1n) is 11.4. The van der Waals surface area contributed by atoms with Crippen LogP contribution in [0.25, 0.3) is 0 Å². The maximum absolute atomic E-state index is 11.7. The number of fused-ring (bicyclic) bond motifs is 1. The van der Waals surface area contributed by atoms with Crippen molar-refractivity contribution in [2.75, 3.05) is 41.3 Å². The summed E-state index contributed by atoms with van der Waals surface area (Å²) in [6, 6.07) is 7.11. The van der Waals surface area contributed by atoms with Crippen LogP contribution in [0.1, 0.15) is 25.0 Å². The molecule has 0 amide bonds. The van der Waals surface area contributed by atoms with Crippen LogP contribution >= 0.6 is 0 Å². The molecule has 2 aromatic carbocycles. The van der Waals surface area contributed by atoms with Crippen molar-refractivity contribution >= 4 is 11.9 Å². The first kappa shape index (κ1) is 26.8. The number of benzene rings is 2. The molecule has 0 unspecified atom stereocenters. The van der Waals surface area contributed by atoms with Gasteiger partial charge in [0.2, 0.25) is 18.3 Å². The summed E-state index contributed by atoms with van der Waals surface area (Å²) in [5.41, 5.74) is 1.66. The molecule has 2 atom stereocenters. The Kier molecular flexibility index (Phi) is 9.10. The Hall–Kier alpha value is -3.82. The average Bonchev–Trinajstić information content (AvgIpc) is 3.33. The zero-order chi connectivity index (χ0) is 26.2. The summed E-state index contributed by atoms with van der Waals surface area (Å²) in [5.74, 6) is 0.713. The Bertz CT molecular complexity index is 1020. The second kappa shape index (κ2) is 12.2. The van der Waals surface area contributed by atoms with Crippen molar-refractivity contribution in [3.63, 3.8) is 0 Å². The lowest BCUT2D eigenvalue weighted by Gasteiger charge is -2.27. The minimum Gasteiger partial charge on any atom is -0.502 e. The topological polar surface area (TPSA) is 119 Å². The zero-order valence-electron chi connectivity index (χ0n) is 21.1. The molecule has 10 heteroatoms. The van der Waals surface area contributed by atoms with Gasteiger partial charge in [-0.2, -0.15) is 0 Å². The van der Waals surface area contributed by atoms with Gasteiger partial charge in [-0.15, -0.1) is 0 Å². The molecule has 0 spiro atoms. The Labute approximate surface area is 210 Å². The molecular formula is C26H32O10. The van der Waals surface area contributed by atoms with Gasteiger partial charge in [0, 0.05) is 25.7 Å². The lowest BCUT2D eigenvalue weighted by atomic mass is 9.83. The number of hydrogen-bond acceptors (Lipinski definition) is 10. The van der Waals surface area contributed by atoms with Crippen molar-refractivity contribution in [2.24, 2.45) is 11.8 Å². The van der Waals surface area contributed by atoms with E-state index in [1.165, 1.54) is 28.1 Å². The van der Waals surface area contributed by atoms with Crippen LogP contribution < -0.4 is 23.7 Å². The number of carbonyl (C=O) groups is 2. The van der Waals surface area contributed by atoms with Gasteiger partial charge in [0.15, 0.2) is 23.0 Å². The van der Waals surface area contributed by atoms with Crippen molar-refractivity contribution < 1.29 is 47.9 Å². The van der Waals surface area contributed by atoms with Gasteiger partial charge in [-0.25, -0.2) is 0 Å². The van der Waals surface area contributed by atoms with E-state index in [-0.39, 0.29) is 49.1 Å². The SMILES string of the molecule is COc1cc(C[C@H](COC(C)=O)[C@@H](COC(C)=O)Cc2cc(OC)c3c(c2)OCO3)cc(OC)c1O. The van der Waals surface area contributed by atoms with Gasteiger partial charge in [-0.05, 0) is 48.2 Å². The Morgan fingerprint density at radius 2 is 1.28 bits per heavy atom. The lowest BCUT2D eigenvalue weighted by molar-refractivity contribution is -0.147. The van der Waals surface area contributed by atoms with E-state index in [9.17, 15) is 14.7 Å². The van der Waals surface area contributed by atoms with Crippen LogP contribution in [-0.4, -0.2) is 58.4 Å². The number of esters is 2. The largest absolute Gasteiger partial charge is 0.502 e. The van der Waals surface area contributed by atoms with Crippen molar-refractivity contribution in [3.05, 3.63) is 35.4 Å². The number of hydrogen-bond donors (Lipinski definition) is 1. The van der Waals surface area contributed by atoms with Crippen molar-refractivity contribution in [1.82, 2.24) is 0 Å². The molecule has 0 saturated carbocycles. The third-order valence-electron chi connectivity index (χ3n) is 5.92. The summed E-state index contributed by atoms with van der Waals surface area (Å²) >= 11 is 0. The summed E-state index contributed by atoms with van der Waals surface area (Å²) in [7, 11) is 4.45. The minimum atomic E-state index is -0.420. The second-order valence-electron chi connectivity index (χ2n) is 8.41. The van der Waals surface area contributed by atoms with E-state index in [0.717, 1.165) is 11.1 Å². The number of carbonyl (C=O) groups excluding carboxylic acids is 2. The monoisotopic (exact) mass is 504 g/mol. The molecule has 0 saturated heterocycles. The maximum atomic E-state index is 11.7. The van der Waals surface area contributed by atoms with Crippen molar-refractivity contribution in [3.8, 4) is 34.5 Å². The van der Waals surface area contributed by atoms with E-state index in [4.69, 9.17) is 33.2 Å². The first-order valence-corrected chi connectivity index (χ1v) is 11.4. The van der Waals surface area contributed by atoms with E-state index in [2.05, 4.69) is 0 Å². The standard InChI is InChI=1S/C26H32O10/c1-15(27)33-12-19(6-17-8-21(30-3)25(29)22(9-17)31-4)20(13-34-16(2)28)7-18-10-23(32-5)26-24(11-18)35-14-36-26/h8-11,19-20,29H,6-7,12-14H2,1-5H3/t19-,20-/m1/s1. The first-order chi connectivity index (χ1) is 17.2. The van der Waals surface area contributed by atoms with Crippen LogP contribution in [0.2, 0.25) is 0 Å². The summed E-state index contributed by atoms with van der Waals surface area (Å²) in [6.07, 6.45) is 0.895. The van der Waals surface area contributed by atoms with Gasteiger partial charge in [-0.1, -0.05) is 0 Å². The lowest BCUT2D eigenvalue weighted by Crippen LogP contribution is -2.29. The third-order valence-corrected chi connectivity index (χ3v) is 5.92. The fraction of sp³-hybridized carbons (Fsp3) is 0.462. The van der Waals surface area contributed by atoms with Crippen LogP contribution in [0.4, 0.5) is 0 Å². The number of aromatic hydroxyl groups is 1. The van der Waals surface area contributed by atoms with E-state index >= 15 is 0 Å². The highest BCUT2D eigenvalue weighted by molar-refractivity contribution is 5.66. The number of methoxy groups -OCH3 is 3. The smallest absolute Gasteiger partial charge is 0.302 e. The van der Waals surface area contributed by atoms with Crippen LogP contribution in [0.3, 0.4) is 0 Å². The zero-order valence-corrected chi connectivity index (χ0v) is 21.1. The molecule has 1 heterocycles. The van der Waals surface area contributed by atoms with Crippen LogP contribution in [-0.2, 0) is 31.9 Å². The van der Waals surface area contributed by atoms with E-state index in [1.807, 2.05) is 12.1 Å². The molecule has 1 N–H and O–H groups in total. The Morgan fingerprint density at radius 1 is 0.806 bits per heavy atom. The summed E-state index contributed by atoms with van der Waals surface area (Å²) in [6.45, 7) is 2.98. The van der Waals surface area contributed by atoms with Crippen LogP contribution in [0, 0.1) is 11.8 Å². The predicted molar refractivity (Wildman–Crippen MR) is 128 cm³/mol. The molecule has 0 aliphatic carbocycles. The Morgan fingerprint density at radius 3 is 1.75 bits per heavy atom. The van der Waals surface area contributed by atoms with Gasteiger partial charge < -0.3 is 38.3 Å². The normalized spacial score (nSPS) is 13.5. The van der Waals surface area contributed by atoms with Gasteiger partial charge in [0.25, 0.3) is 0 Å². The minimum absolute atomic E-state index is 0.0917. The molecule has 1 aliphatic rings. The summed E-state index contributed by atoms with van der Waals surface area (Å²) in [5, 5.41) is 10.3. The Balaban J connectivity index is 1.95. The molecule has 1 aliphatic heterocycles. The molecule has 36 heavy (non-hydrogen) atoms. The fourth-order valence-corrected chi connectivity index (χ4v) is 4.15. The number of rotatable bonds is 12. The quantitative estimate of drug-likeness (QED) is 0.431. The molecule has 0 bridgehead atoms. The summed E-state index contributed by atoms with van der Waals surface area (Å²) in [4.78, 5) is 23.4. The molecule has 3 rings (SSSR count). The van der Waals surface area contributed by atoms with Gasteiger partial charge >= 0.3 is 11.9 Å². The predicted octanol–water partition coefficient (Wildman–Crippen LogP) is 3.29. The van der Waals surface area contributed by atoms with Crippen molar-refractivity contribution in [2.45, 2.75) is 26.7 Å². The van der Waals surface area contributed by atoms with E-state index in [1.54, 1.807) is 19.2 Å². The molecule has 10 nitrogen and oxygen atoms in total. The molecule has 0 aromatic heterocycles.